The van der Waals surface area contributed by atoms with E-state index >= 15 is 0 Å². The van der Waals surface area contributed by atoms with Gasteiger partial charge in [0.25, 0.3) is 5.56 Å². The highest BCUT2D eigenvalue weighted by Gasteiger charge is 2.13. The number of aromatic nitrogens is 2. The molecule has 0 radical (unpaired) electrons. The number of aromatic hydroxyl groups is 1. The van der Waals surface area contributed by atoms with Gasteiger partial charge in [-0.15, -0.1) is 0 Å². The summed E-state index contributed by atoms with van der Waals surface area (Å²) in [5.41, 5.74) is 1.18. The van der Waals surface area contributed by atoms with Crippen LogP contribution in [0.3, 0.4) is 0 Å². The first-order chi connectivity index (χ1) is 14.1. The normalized spacial score (nSPS) is 16.2. The van der Waals surface area contributed by atoms with Crippen molar-refractivity contribution in [3.63, 3.8) is 0 Å². The third-order valence-corrected chi connectivity index (χ3v) is 5.51. The van der Waals surface area contributed by atoms with Crippen molar-refractivity contribution in [3.05, 3.63) is 58.6 Å². The van der Waals surface area contributed by atoms with Crippen LogP contribution in [0.4, 0.5) is 0 Å². The third-order valence-electron chi connectivity index (χ3n) is 5.51. The van der Waals surface area contributed by atoms with Crippen molar-refractivity contribution in [2.24, 2.45) is 4.99 Å². The van der Waals surface area contributed by atoms with Crippen LogP contribution in [0.2, 0.25) is 0 Å². The largest absolute Gasteiger partial charge is 0.494 e. The Bertz CT molecular complexity index is 1050. The molecule has 1 aliphatic rings. The Labute approximate surface area is 169 Å². The molecule has 29 heavy (non-hydrogen) atoms. The molecule has 7 heteroatoms. The van der Waals surface area contributed by atoms with Crippen LogP contribution in [-0.2, 0) is 0 Å². The molecule has 152 valence electrons. The Morgan fingerprint density at radius 1 is 1.14 bits per heavy atom. The van der Waals surface area contributed by atoms with Crippen molar-refractivity contribution in [1.82, 2.24) is 19.4 Å². The molecule has 0 aliphatic carbocycles. The molecule has 0 atom stereocenters. The third kappa shape index (κ3) is 4.41. The fraction of sp³-hybridized carbons (Fsp3) is 0.364. The molecule has 0 unspecified atom stereocenters. The van der Waals surface area contributed by atoms with E-state index in [1.807, 2.05) is 41.2 Å². The molecule has 3 heterocycles. The zero-order chi connectivity index (χ0) is 20.2. The number of rotatable bonds is 6. The topological polar surface area (TPSA) is 76.9 Å². The number of H-pyrrole nitrogens is 1. The number of nitrogens with one attached hydrogen (secondary N) is 1. The zero-order valence-electron chi connectivity index (χ0n) is 16.7. The molecule has 1 aliphatic heterocycles. The van der Waals surface area contributed by atoms with Crippen LogP contribution < -0.4 is 5.56 Å². The maximum Gasteiger partial charge on any atom is 0.258 e. The fourth-order valence-electron chi connectivity index (χ4n) is 3.73. The molecule has 2 aromatic heterocycles. The smallest absolute Gasteiger partial charge is 0.258 e. The highest BCUT2D eigenvalue weighted by molar-refractivity contribution is 6.02. The second-order valence-corrected chi connectivity index (χ2v) is 7.57. The quantitative estimate of drug-likeness (QED) is 0.497. The maximum atomic E-state index is 12.2. The van der Waals surface area contributed by atoms with E-state index in [1.165, 1.54) is 0 Å². The van der Waals surface area contributed by atoms with Gasteiger partial charge in [0.05, 0.1) is 5.56 Å². The van der Waals surface area contributed by atoms with E-state index in [1.54, 1.807) is 12.3 Å². The standard InChI is InChI=1S/C22H27N5O2/c1-25-11-13-26(14-12-25)8-4-7-23-16-20-19-15-17(27-9-2-3-10-27)5-6-18(19)21(28)24-22(20)29/h2-3,5-6,9-10,15-16H,4,7-8,11-14H2,1H3,(H2,24,28,29). The van der Waals surface area contributed by atoms with E-state index in [2.05, 4.69) is 26.8 Å². The van der Waals surface area contributed by atoms with E-state index in [0.717, 1.165) is 44.8 Å². The summed E-state index contributed by atoms with van der Waals surface area (Å²) >= 11 is 0. The SMILES string of the molecule is CN1CCN(CCCN=Cc2c(O)[nH]c(=O)c3ccc(-n4cccc4)cc23)CC1. The lowest BCUT2D eigenvalue weighted by Crippen LogP contribution is -2.44. The fourth-order valence-corrected chi connectivity index (χ4v) is 3.73. The van der Waals surface area contributed by atoms with E-state index < -0.39 is 0 Å². The Hall–Kier alpha value is -2.90. The number of fused-ring (bicyclic) bond motifs is 1. The van der Waals surface area contributed by atoms with E-state index in [-0.39, 0.29) is 11.4 Å². The first kappa shape index (κ1) is 19.4. The Balaban J connectivity index is 1.50. The van der Waals surface area contributed by atoms with Crippen molar-refractivity contribution in [1.29, 1.82) is 0 Å². The van der Waals surface area contributed by atoms with E-state index in [0.29, 0.717) is 22.9 Å². The van der Waals surface area contributed by atoms with E-state index in [9.17, 15) is 9.90 Å². The number of pyridine rings is 1. The number of hydrogen-bond donors (Lipinski definition) is 2. The summed E-state index contributed by atoms with van der Waals surface area (Å²) in [4.78, 5) is 24.1. The van der Waals surface area contributed by atoms with Crippen LogP contribution in [0, 0.1) is 0 Å². The summed E-state index contributed by atoms with van der Waals surface area (Å²) in [6, 6.07) is 9.49. The van der Waals surface area contributed by atoms with Gasteiger partial charge in [-0.05, 0) is 50.3 Å². The molecular weight excluding hydrogens is 366 g/mol. The molecule has 0 bridgehead atoms. The van der Waals surface area contributed by atoms with Crippen LogP contribution in [0.1, 0.15) is 12.0 Å². The molecule has 1 aromatic carbocycles. The van der Waals surface area contributed by atoms with Crippen molar-refractivity contribution < 1.29 is 5.11 Å². The molecular formula is C22H27N5O2. The van der Waals surface area contributed by atoms with Crippen LogP contribution >= 0.6 is 0 Å². The minimum absolute atomic E-state index is 0.144. The lowest BCUT2D eigenvalue weighted by Gasteiger charge is -2.32. The number of likely N-dealkylation sites (N-methyl/N-ethyl adjacent to an activating group) is 1. The van der Waals surface area contributed by atoms with Gasteiger partial charge in [-0.1, -0.05) is 0 Å². The summed E-state index contributed by atoms with van der Waals surface area (Å²) in [6.45, 7) is 6.15. The number of nitrogens with zero attached hydrogens (tertiary/aromatic N) is 4. The van der Waals surface area contributed by atoms with Crippen LogP contribution in [0.25, 0.3) is 16.5 Å². The summed E-state index contributed by atoms with van der Waals surface area (Å²) in [5, 5.41) is 11.6. The van der Waals surface area contributed by atoms with Crippen molar-refractivity contribution in [3.8, 4) is 11.6 Å². The summed E-state index contributed by atoms with van der Waals surface area (Å²) in [5.74, 6) is -0.144. The summed E-state index contributed by atoms with van der Waals surface area (Å²) in [6.07, 6.45) is 6.54. The lowest BCUT2D eigenvalue weighted by atomic mass is 10.1. The average Bonchev–Trinajstić information content (AvgIpc) is 3.26. The summed E-state index contributed by atoms with van der Waals surface area (Å²) < 4.78 is 1.97. The number of benzene rings is 1. The predicted octanol–water partition coefficient (Wildman–Crippen LogP) is 2.08. The second-order valence-electron chi connectivity index (χ2n) is 7.57. The van der Waals surface area contributed by atoms with Gasteiger partial charge in [-0.2, -0.15) is 0 Å². The summed E-state index contributed by atoms with van der Waals surface area (Å²) in [7, 11) is 2.16. The molecule has 0 amide bonds. The lowest BCUT2D eigenvalue weighted by molar-refractivity contribution is 0.153. The monoisotopic (exact) mass is 393 g/mol. The number of aliphatic imine (C=N–C) groups is 1. The Morgan fingerprint density at radius 2 is 1.90 bits per heavy atom. The number of piperazine rings is 1. The Kier molecular flexibility index (Phi) is 5.78. The van der Waals surface area contributed by atoms with Gasteiger partial charge in [0.2, 0.25) is 5.88 Å². The Morgan fingerprint density at radius 3 is 2.66 bits per heavy atom. The van der Waals surface area contributed by atoms with Crippen LogP contribution in [0.15, 0.2) is 52.5 Å². The highest BCUT2D eigenvalue weighted by Crippen LogP contribution is 2.23. The first-order valence-electron chi connectivity index (χ1n) is 10.0. The van der Waals surface area contributed by atoms with Crippen molar-refractivity contribution >= 4 is 17.0 Å². The highest BCUT2D eigenvalue weighted by atomic mass is 16.3. The van der Waals surface area contributed by atoms with Gasteiger partial charge in [0.15, 0.2) is 0 Å². The number of aromatic amines is 1. The average molecular weight is 393 g/mol. The van der Waals surface area contributed by atoms with Gasteiger partial charge in [-0.25, -0.2) is 0 Å². The van der Waals surface area contributed by atoms with Crippen molar-refractivity contribution in [2.75, 3.05) is 46.3 Å². The van der Waals surface area contributed by atoms with Gasteiger partial charge >= 0.3 is 0 Å². The van der Waals surface area contributed by atoms with E-state index in [4.69, 9.17) is 0 Å². The maximum absolute atomic E-state index is 12.2. The minimum Gasteiger partial charge on any atom is -0.494 e. The molecule has 4 rings (SSSR count). The predicted molar refractivity (Wildman–Crippen MR) is 117 cm³/mol. The molecule has 1 saturated heterocycles. The van der Waals surface area contributed by atoms with Gasteiger partial charge in [-0.3, -0.25) is 14.8 Å². The molecule has 3 aromatic rings. The molecule has 7 nitrogen and oxygen atoms in total. The van der Waals surface area contributed by atoms with Gasteiger partial charge in [0.1, 0.15) is 0 Å². The van der Waals surface area contributed by atoms with Gasteiger partial charge < -0.3 is 19.5 Å². The van der Waals surface area contributed by atoms with Crippen molar-refractivity contribution in [2.45, 2.75) is 6.42 Å². The second kappa shape index (κ2) is 8.63. The number of hydrogen-bond acceptors (Lipinski definition) is 5. The molecule has 2 N–H and O–H groups in total. The molecule has 0 spiro atoms. The molecule has 0 saturated carbocycles. The zero-order valence-corrected chi connectivity index (χ0v) is 16.7. The van der Waals surface area contributed by atoms with Crippen LogP contribution in [0.5, 0.6) is 5.88 Å². The van der Waals surface area contributed by atoms with Gasteiger partial charge in [0, 0.05) is 67.8 Å². The first-order valence-corrected chi connectivity index (χ1v) is 10.0. The molecule has 1 fully saturated rings. The van der Waals surface area contributed by atoms with Crippen LogP contribution in [-0.4, -0.2) is 77.0 Å². The minimum atomic E-state index is -0.302.